The van der Waals surface area contributed by atoms with E-state index in [-0.39, 0.29) is 0 Å². The number of nitrogens with one attached hydrogen (secondary N) is 1. The molecule has 2 heteroatoms. The molecule has 0 fully saturated rings. The number of fused-ring (bicyclic) bond motifs is 1. The monoisotopic (exact) mass is 208 g/mol. The van der Waals surface area contributed by atoms with Crippen LogP contribution in [0.2, 0.25) is 0 Å². The molecule has 16 heavy (non-hydrogen) atoms. The van der Waals surface area contributed by atoms with Crippen molar-refractivity contribution in [3.8, 4) is 11.4 Å². The highest BCUT2D eigenvalue weighted by Gasteiger charge is 2.03. The van der Waals surface area contributed by atoms with Crippen molar-refractivity contribution in [2.75, 3.05) is 0 Å². The topological polar surface area (TPSA) is 28.7 Å². The summed E-state index contributed by atoms with van der Waals surface area (Å²) in [5, 5.41) is 1.24. The van der Waals surface area contributed by atoms with Crippen LogP contribution < -0.4 is 0 Å². The van der Waals surface area contributed by atoms with Crippen LogP contribution in [0.1, 0.15) is 5.56 Å². The Balaban J connectivity index is 2.19. The van der Waals surface area contributed by atoms with Gasteiger partial charge in [-0.15, -0.1) is 0 Å². The number of hydrogen-bond acceptors (Lipinski definition) is 1. The summed E-state index contributed by atoms with van der Waals surface area (Å²) in [5.41, 5.74) is 4.49. The number of nitrogens with zero attached hydrogens (tertiary/aromatic N) is 1. The van der Waals surface area contributed by atoms with E-state index >= 15 is 0 Å². The number of pyridine rings is 1. The van der Waals surface area contributed by atoms with Crippen LogP contribution in [0.25, 0.3) is 22.3 Å². The van der Waals surface area contributed by atoms with Crippen molar-refractivity contribution in [3.63, 3.8) is 0 Å². The molecule has 0 aliphatic carbocycles. The van der Waals surface area contributed by atoms with E-state index in [1.54, 1.807) is 0 Å². The Morgan fingerprint density at radius 2 is 2.00 bits per heavy atom. The number of aromatic amines is 1. The van der Waals surface area contributed by atoms with Crippen LogP contribution in [0, 0.1) is 6.92 Å². The molecule has 2 nitrogen and oxygen atoms in total. The van der Waals surface area contributed by atoms with Gasteiger partial charge in [0, 0.05) is 17.1 Å². The van der Waals surface area contributed by atoms with Crippen molar-refractivity contribution < 1.29 is 0 Å². The second-order valence-electron chi connectivity index (χ2n) is 3.99. The lowest BCUT2D eigenvalue weighted by Crippen LogP contribution is -1.80. The number of hydrogen-bond donors (Lipinski definition) is 1. The molecule has 0 amide bonds. The van der Waals surface area contributed by atoms with E-state index in [2.05, 4.69) is 41.2 Å². The fourth-order valence-electron chi connectivity index (χ4n) is 1.91. The molecular weight excluding hydrogens is 196 g/mol. The van der Waals surface area contributed by atoms with Crippen LogP contribution in [0.5, 0.6) is 0 Å². The van der Waals surface area contributed by atoms with Gasteiger partial charge in [0.25, 0.3) is 0 Å². The van der Waals surface area contributed by atoms with E-state index in [0.717, 1.165) is 16.9 Å². The lowest BCUT2D eigenvalue weighted by atomic mass is 10.2. The minimum atomic E-state index is 0.983. The Kier molecular flexibility index (Phi) is 2.00. The van der Waals surface area contributed by atoms with Gasteiger partial charge in [-0.3, -0.25) is 4.98 Å². The highest BCUT2D eigenvalue weighted by Crippen LogP contribution is 2.23. The van der Waals surface area contributed by atoms with Gasteiger partial charge in [0.2, 0.25) is 0 Å². The van der Waals surface area contributed by atoms with Gasteiger partial charge in [0.1, 0.15) is 0 Å². The fraction of sp³-hybridized carbons (Fsp3) is 0.0714. The van der Waals surface area contributed by atoms with E-state index in [1.165, 1.54) is 10.9 Å². The zero-order valence-electron chi connectivity index (χ0n) is 9.07. The maximum atomic E-state index is 4.34. The molecule has 0 spiro atoms. The average molecular weight is 208 g/mol. The lowest BCUT2D eigenvalue weighted by molar-refractivity contribution is 1.29. The molecular formula is C14H12N2. The summed E-state index contributed by atoms with van der Waals surface area (Å²) in [6.07, 6.45) is 1.81. The van der Waals surface area contributed by atoms with E-state index < -0.39 is 0 Å². The van der Waals surface area contributed by atoms with Gasteiger partial charge >= 0.3 is 0 Å². The summed E-state index contributed by atoms with van der Waals surface area (Å²) in [7, 11) is 0. The van der Waals surface area contributed by atoms with Gasteiger partial charge in [-0.25, -0.2) is 0 Å². The van der Waals surface area contributed by atoms with Gasteiger partial charge < -0.3 is 4.98 Å². The predicted molar refractivity (Wildman–Crippen MR) is 66.3 cm³/mol. The van der Waals surface area contributed by atoms with Gasteiger partial charge in [0.15, 0.2) is 0 Å². The summed E-state index contributed by atoms with van der Waals surface area (Å²) >= 11 is 0. The molecule has 2 heterocycles. The van der Waals surface area contributed by atoms with Crippen molar-refractivity contribution in [2.45, 2.75) is 6.92 Å². The highest BCUT2D eigenvalue weighted by molar-refractivity contribution is 5.85. The van der Waals surface area contributed by atoms with Crippen molar-refractivity contribution >= 4 is 10.9 Å². The molecule has 0 radical (unpaired) electrons. The zero-order chi connectivity index (χ0) is 11.0. The highest BCUT2D eigenvalue weighted by atomic mass is 14.8. The molecule has 0 unspecified atom stereocenters. The lowest BCUT2D eigenvalue weighted by Gasteiger charge is -1.93. The molecule has 0 saturated heterocycles. The zero-order valence-corrected chi connectivity index (χ0v) is 9.07. The average Bonchev–Trinajstić information content (AvgIpc) is 2.73. The fourth-order valence-corrected chi connectivity index (χ4v) is 1.91. The number of rotatable bonds is 1. The minimum absolute atomic E-state index is 0.983. The van der Waals surface area contributed by atoms with E-state index in [1.807, 2.05) is 24.4 Å². The second kappa shape index (κ2) is 3.49. The maximum Gasteiger partial charge on any atom is 0.0864 e. The third-order valence-corrected chi connectivity index (χ3v) is 2.72. The van der Waals surface area contributed by atoms with Crippen LogP contribution in [0.15, 0.2) is 48.7 Å². The number of H-pyrrole nitrogens is 1. The molecule has 1 N–H and O–H groups in total. The van der Waals surface area contributed by atoms with Crippen LogP contribution >= 0.6 is 0 Å². The Morgan fingerprint density at radius 1 is 1.06 bits per heavy atom. The Bertz CT molecular complexity index is 624. The molecule has 78 valence electrons. The van der Waals surface area contributed by atoms with Crippen LogP contribution in [0.3, 0.4) is 0 Å². The normalized spacial score (nSPS) is 10.8. The summed E-state index contributed by atoms with van der Waals surface area (Å²) < 4.78 is 0. The first-order valence-electron chi connectivity index (χ1n) is 5.34. The number of aryl methyl sites for hydroxylation is 1. The summed E-state index contributed by atoms with van der Waals surface area (Å²) in [4.78, 5) is 7.71. The number of benzene rings is 1. The first-order valence-corrected chi connectivity index (χ1v) is 5.34. The largest absolute Gasteiger partial charge is 0.353 e. The summed E-state index contributed by atoms with van der Waals surface area (Å²) in [6, 6.07) is 14.5. The third kappa shape index (κ3) is 1.48. The summed E-state index contributed by atoms with van der Waals surface area (Å²) in [6.45, 7) is 2.10. The Morgan fingerprint density at radius 3 is 2.81 bits per heavy atom. The van der Waals surface area contributed by atoms with E-state index in [9.17, 15) is 0 Å². The van der Waals surface area contributed by atoms with Crippen molar-refractivity contribution in [3.05, 3.63) is 54.2 Å². The molecule has 3 rings (SSSR count). The van der Waals surface area contributed by atoms with E-state index in [0.29, 0.717) is 0 Å². The molecule has 0 atom stereocenters. The third-order valence-electron chi connectivity index (χ3n) is 2.72. The maximum absolute atomic E-state index is 4.34. The first-order chi connectivity index (χ1) is 7.83. The Hall–Kier alpha value is -2.09. The molecule has 0 aliphatic heterocycles. The van der Waals surface area contributed by atoms with Gasteiger partial charge in [-0.1, -0.05) is 17.7 Å². The molecule has 0 bridgehead atoms. The van der Waals surface area contributed by atoms with E-state index in [4.69, 9.17) is 0 Å². The summed E-state index contributed by atoms with van der Waals surface area (Å²) in [5.74, 6) is 0. The standard InChI is InChI=1S/C14H12N2/c1-10-5-6-12-11(8-10)9-14(16-12)13-4-2-3-7-15-13/h2-9,16H,1H3. The first kappa shape index (κ1) is 9.16. The Labute approximate surface area is 94.0 Å². The predicted octanol–water partition coefficient (Wildman–Crippen LogP) is 3.54. The minimum Gasteiger partial charge on any atom is -0.353 e. The van der Waals surface area contributed by atoms with Crippen LogP contribution in [-0.4, -0.2) is 9.97 Å². The molecule has 2 aromatic heterocycles. The second-order valence-corrected chi connectivity index (χ2v) is 3.99. The number of aromatic nitrogens is 2. The smallest absolute Gasteiger partial charge is 0.0864 e. The van der Waals surface area contributed by atoms with Gasteiger partial charge in [-0.2, -0.15) is 0 Å². The molecule has 1 aromatic carbocycles. The van der Waals surface area contributed by atoms with Gasteiger partial charge in [0.05, 0.1) is 11.4 Å². The van der Waals surface area contributed by atoms with Gasteiger partial charge in [-0.05, 0) is 37.3 Å². The molecule has 0 aliphatic rings. The van der Waals surface area contributed by atoms with Crippen molar-refractivity contribution in [2.24, 2.45) is 0 Å². The van der Waals surface area contributed by atoms with Crippen molar-refractivity contribution in [1.82, 2.24) is 9.97 Å². The molecule has 3 aromatic rings. The van der Waals surface area contributed by atoms with Crippen LogP contribution in [-0.2, 0) is 0 Å². The molecule has 0 saturated carbocycles. The quantitative estimate of drug-likeness (QED) is 0.651. The SMILES string of the molecule is Cc1ccc2[nH]c(-c3ccccn3)cc2c1. The van der Waals surface area contributed by atoms with Crippen LogP contribution in [0.4, 0.5) is 0 Å². The van der Waals surface area contributed by atoms with Crippen molar-refractivity contribution in [1.29, 1.82) is 0 Å².